The minimum Gasteiger partial charge on any atom is -0.478 e. The number of carboxylic acids is 1. The fraction of sp³-hybridized carbons (Fsp3) is 0.250. The van der Waals surface area contributed by atoms with E-state index in [2.05, 4.69) is 5.32 Å². The number of carbonyl (C=O) groups excluding carboxylic acids is 1. The van der Waals surface area contributed by atoms with Crippen LogP contribution >= 0.6 is 11.3 Å². The third kappa shape index (κ3) is 4.72. The van der Waals surface area contributed by atoms with E-state index < -0.39 is 5.97 Å². The summed E-state index contributed by atoms with van der Waals surface area (Å²) in [6.45, 7) is 1.96. The van der Waals surface area contributed by atoms with E-state index in [1.807, 2.05) is 24.4 Å². The van der Waals surface area contributed by atoms with Crippen molar-refractivity contribution in [2.75, 3.05) is 0 Å². The highest BCUT2D eigenvalue weighted by atomic mass is 32.1. The molecule has 0 spiro atoms. The molecule has 4 nitrogen and oxygen atoms in total. The summed E-state index contributed by atoms with van der Waals surface area (Å²) >= 11 is 1.67. The Morgan fingerprint density at radius 3 is 2.76 bits per heavy atom. The summed E-state index contributed by atoms with van der Waals surface area (Å²) in [6, 6.07) is 10.6. The summed E-state index contributed by atoms with van der Waals surface area (Å²) < 4.78 is 0. The lowest BCUT2D eigenvalue weighted by Gasteiger charge is -2.13. The second-order valence-corrected chi connectivity index (χ2v) is 5.97. The Morgan fingerprint density at radius 1 is 1.29 bits per heavy atom. The van der Waals surface area contributed by atoms with Gasteiger partial charge < -0.3 is 10.4 Å². The van der Waals surface area contributed by atoms with Gasteiger partial charge in [0.1, 0.15) is 0 Å². The molecule has 0 radical (unpaired) electrons. The predicted octanol–water partition coefficient (Wildman–Crippen LogP) is 2.74. The van der Waals surface area contributed by atoms with E-state index >= 15 is 0 Å². The highest BCUT2D eigenvalue weighted by molar-refractivity contribution is 7.09. The zero-order chi connectivity index (χ0) is 15.2. The quantitative estimate of drug-likeness (QED) is 0.862. The van der Waals surface area contributed by atoms with Crippen molar-refractivity contribution in [3.05, 3.63) is 57.8 Å². The van der Waals surface area contributed by atoms with Crippen molar-refractivity contribution >= 4 is 23.2 Å². The first-order valence-corrected chi connectivity index (χ1v) is 7.56. The molecule has 2 rings (SSSR count). The molecule has 2 aromatic rings. The smallest absolute Gasteiger partial charge is 0.335 e. The maximum Gasteiger partial charge on any atom is 0.335 e. The molecule has 0 aliphatic heterocycles. The van der Waals surface area contributed by atoms with Crippen LogP contribution in [0.2, 0.25) is 0 Å². The number of carbonyl (C=O) groups is 2. The number of hydrogen-bond donors (Lipinski definition) is 2. The van der Waals surface area contributed by atoms with Gasteiger partial charge >= 0.3 is 5.97 Å². The van der Waals surface area contributed by atoms with Crippen LogP contribution < -0.4 is 5.32 Å². The molecule has 0 aliphatic rings. The lowest BCUT2D eigenvalue weighted by molar-refractivity contribution is -0.121. The minimum atomic E-state index is -0.983. The standard InChI is InChI=1S/C16H17NO3S/c1-11(8-14-6-3-7-21-14)17-15(18)10-12-4-2-5-13(9-12)16(19)20/h2-7,9,11H,8,10H2,1H3,(H,17,18)(H,19,20). The molecular weight excluding hydrogens is 286 g/mol. The number of hydrogen-bond acceptors (Lipinski definition) is 3. The summed E-state index contributed by atoms with van der Waals surface area (Å²) in [5.41, 5.74) is 0.905. The molecule has 1 atom stereocenters. The van der Waals surface area contributed by atoms with Crippen molar-refractivity contribution in [1.82, 2.24) is 5.32 Å². The largest absolute Gasteiger partial charge is 0.478 e. The van der Waals surface area contributed by atoms with Crippen LogP contribution in [0.4, 0.5) is 0 Å². The van der Waals surface area contributed by atoms with Gasteiger partial charge in [-0.15, -0.1) is 11.3 Å². The monoisotopic (exact) mass is 303 g/mol. The number of thiophene rings is 1. The van der Waals surface area contributed by atoms with Gasteiger partial charge in [0.05, 0.1) is 12.0 Å². The molecule has 0 fully saturated rings. The predicted molar refractivity (Wildman–Crippen MR) is 82.7 cm³/mol. The van der Waals surface area contributed by atoms with Crippen molar-refractivity contribution < 1.29 is 14.7 Å². The van der Waals surface area contributed by atoms with Gasteiger partial charge in [-0.05, 0) is 36.1 Å². The van der Waals surface area contributed by atoms with E-state index in [1.165, 1.54) is 17.0 Å². The molecule has 0 saturated heterocycles. The molecule has 1 aromatic heterocycles. The fourth-order valence-corrected chi connectivity index (χ4v) is 2.94. The Kier molecular flexibility index (Phi) is 5.11. The van der Waals surface area contributed by atoms with Gasteiger partial charge in [-0.3, -0.25) is 4.79 Å². The summed E-state index contributed by atoms with van der Waals surface area (Å²) in [6.07, 6.45) is 0.995. The first kappa shape index (κ1) is 15.3. The molecule has 2 N–H and O–H groups in total. The Balaban J connectivity index is 1.89. The molecule has 21 heavy (non-hydrogen) atoms. The van der Waals surface area contributed by atoms with E-state index in [4.69, 9.17) is 5.11 Å². The number of carboxylic acid groups (broad SMARTS) is 1. The lowest BCUT2D eigenvalue weighted by atomic mass is 10.1. The average Bonchev–Trinajstić information content (AvgIpc) is 2.91. The molecule has 0 bridgehead atoms. The molecule has 5 heteroatoms. The van der Waals surface area contributed by atoms with Crippen LogP contribution in [-0.4, -0.2) is 23.0 Å². The van der Waals surface area contributed by atoms with Gasteiger partial charge in [-0.25, -0.2) is 4.79 Å². The van der Waals surface area contributed by atoms with E-state index in [9.17, 15) is 9.59 Å². The molecule has 1 unspecified atom stereocenters. The van der Waals surface area contributed by atoms with Crippen molar-refractivity contribution in [1.29, 1.82) is 0 Å². The van der Waals surface area contributed by atoms with Crippen LogP contribution in [0.3, 0.4) is 0 Å². The summed E-state index contributed by atoms with van der Waals surface area (Å²) in [5, 5.41) is 13.9. The Morgan fingerprint density at radius 2 is 2.10 bits per heavy atom. The highest BCUT2D eigenvalue weighted by Gasteiger charge is 2.11. The summed E-state index contributed by atoms with van der Waals surface area (Å²) in [7, 11) is 0. The minimum absolute atomic E-state index is 0.0545. The molecule has 1 amide bonds. The molecule has 0 saturated carbocycles. The lowest BCUT2D eigenvalue weighted by Crippen LogP contribution is -2.35. The number of aromatic carboxylic acids is 1. The van der Waals surface area contributed by atoms with Crippen LogP contribution in [0.15, 0.2) is 41.8 Å². The van der Waals surface area contributed by atoms with Gasteiger partial charge in [0, 0.05) is 17.3 Å². The molecule has 0 aliphatic carbocycles. The Bertz CT molecular complexity index is 622. The zero-order valence-corrected chi connectivity index (χ0v) is 12.5. The van der Waals surface area contributed by atoms with Crippen LogP contribution in [0.5, 0.6) is 0 Å². The van der Waals surface area contributed by atoms with Gasteiger partial charge in [-0.2, -0.15) is 0 Å². The Hall–Kier alpha value is -2.14. The second-order valence-electron chi connectivity index (χ2n) is 4.93. The van der Waals surface area contributed by atoms with Crippen LogP contribution in [0, 0.1) is 0 Å². The van der Waals surface area contributed by atoms with E-state index in [1.54, 1.807) is 23.5 Å². The maximum atomic E-state index is 12.0. The highest BCUT2D eigenvalue weighted by Crippen LogP contribution is 2.11. The summed E-state index contributed by atoms with van der Waals surface area (Å²) in [4.78, 5) is 24.1. The van der Waals surface area contributed by atoms with Crippen molar-refractivity contribution in [2.45, 2.75) is 25.8 Å². The number of amides is 1. The normalized spacial score (nSPS) is 11.9. The molecule has 1 heterocycles. The Labute approximate surface area is 127 Å². The number of rotatable bonds is 6. The van der Waals surface area contributed by atoms with E-state index in [0.29, 0.717) is 5.56 Å². The van der Waals surface area contributed by atoms with Crippen LogP contribution in [-0.2, 0) is 17.6 Å². The van der Waals surface area contributed by atoms with Crippen molar-refractivity contribution in [3.63, 3.8) is 0 Å². The van der Waals surface area contributed by atoms with E-state index in [-0.39, 0.29) is 23.9 Å². The van der Waals surface area contributed by atoms with Crippen LogP contribution in [0.25, 0.3) is 0 Å². The third-order valence-electron chi connectivity index (χ3n) is 3.03. The second kappa shape index (κ2) is 7.04. The molecular formula is C16H17NO3S. The number of nitrogens with one attached hydrogen (secondary N) is 1. The SMILES string of the molecule is CC(Cc1cccs1)NC(=O)Cc1cccc(C(=O)O)c1. The maximum absolute atomic E-state index is 12.0. The van der Waals surface area contributed by atoms with Gasteiger partial charge in [0.2, 0.25) is 5.91 Å². The first-order chi connectivity index (χ1) is 10.0. The fourth-order valence-electron chi connectivity index (χ4n) is 2.11. The van der Waals surface area contributed by atoms with Gasteiger partial charge in [-0.1, -0.05) is 18.2 Å². The van der Waals surface area contributed by atoms with Gasteiger partial charge in [0.25, 0.3) is 0 Å². The van der Waals surface area contributed by atoms with Gasteiger partial charge in [0.15, 0.2) is 0 Å². The van der Waals surface area contributed by atoms with Crippen molar-refractivity contribution in [2.24, 2.45) is 0 Å². The van der Waals surface area contributed by atoms with Crippen LogP contribution in [0.1, 0.15) is 27.7 Å². The topological polar surface area (TPSA) is 66.4 Å². The molecule has 1 aromatic carbocycles. The average molecular weight is 303 g/mol. The van der Waals surface area contributed by atoms with E-state index in [0.717, 1.165) is 6.42 Å². The summed E-state index contributed by atoms with van der Waals surface area (Å²) in [5.74, 6) is -1.08. The first-order valence-electron chi connectivity index (χ1n) is 6.68. The number of benzene rings is 1. The molecule has 110 valence electrons. The third-order valence-corrected chi connectivity index (χ3v) is 3.93. The zero-order valence-electron chi connectivity index (χ0n) is 11.7. The van der Waals surface area contributed by atoms with Crippen molar-refractivity contribution in [3.8, 4) is 0 Å².